The Morgan fingerprint density at radius 3 is 3.17 bits per heavy atom. The van der Waals surface area contributed by atoms with Gasteiger partial charge in [-0.1, -0.05) is 13.0 Å². The van der Waals surface area contributed by atoms with Crippen LogP contribution in [0.15, 0.2) is 17.5 Å². The normalized spacial score (nSPS) is 21.3. The van der Waals surface area contributed by atoms with Crippen molar-refractivity contribution in [1.29, 1.82) is 0 Å². The maximum Gasteiger partial charge on any atom is 0.315 e. The number of hydrogen-bond donors (Lipinski definition) is 2. The van der Waals surface area contributed by atoms with E-state index in [0.29, 0.717) is 18.5 Å². The van der Waals surface area contributed by atoms with Gasteiger partial charge in [0.05, 0.1) is 0 Å². The van der Waals surface area contributed by atoms with Gasteiger partial charge < -0.3 is 10.6 Å². The lowest BCUT2D eigenvalue weighted by Crippen LogP contribution is -2.45. The third-order valence-corrected chi connectivity index (χ3v) is 5.41. The standard InChI is InChI=1S/C13H20N2OS2/c1-10(12-5-3-7-18-12)8-14-13(16)15-11-4-2-6-17-9-11/h3,5,7,10-11H,2,4,6,8-9H2,1H3,(H2,14,15,16). The van der Waals surface area contributed by atoms with Crippen LogP contribution in [0.2, 0.25) is 0 Å². The highest BCUT2D eigenvalue weighted by Crippen LogP contribution is 2.19. The fourth-order valence-corrected chi connectivity index (χ4v) is 3.87. The van der Waals surface area contributed by atoms with E-state index in [1.165, 1.54) is 17.1 Å². The number of amides is 2. The first-order chi connectivity index (χ1) is 8.75. The van der Waals surface area contributed by atoms with Gasteiger partial charge in [0.15, 0.2) is 0 Å². The van der Waals surface area contributed by atoms with Crippen LogP contribution in [-0.4, -0.2) is 30.1 Å². The molecule has 5 heteroatoms. The lowest BCUT2D eigenvalue weighted by Gasteiger charge is -2.23. The summed E-state index contributed by atoms with van der Waals surface area (Å²) in [5.74, 6) is 2.67. The van der Waals surface area contributed by atoms with Gasteiger partial charge in [-0.05, 0) is 30.0 Å². The van der Waals surface area contributed by atoms with E-state index in [1.54, 1.807) is 11.3 Å². The van der Waals surface area contributed by atoms with E-state index in [9.17, 15) is 4.79 Å². The highest BCUT2D eigenvalue weighted by molar-refractivity contribution is 7.99. The zero-order valence-corrected chi connectivity index (χ0v) is 12.3. The first-order valence-corrected chi connectivity index (χ1v) is 8.44. The monoisotopic (exact) mass is 284 g/mol. The molecule has 2 unspecified atom stereocenters. The van der Waals surface area contributed by atoms with E-state index in [-0.39, 0.29) is 6.03 Å². The molecule has 1 fully saturated rings. The summed E-state index contributed by atoms with van der Waals surface area (Å²) < 4.78 is 0. The number of hydrogen-bond acceptors (Lipinski definition) is 3. The highest BCUT2D eigenvalue weighted by Gasteiger charge is 2.16. The predicted molar refractivity (Wildman–Crippen MR) is 79.6 cm³/mol. The summed E-state index contributed by atoms with van der Waals surface area (Å²) in [6.07, 6.45) is 2.32. The van der Waals surface area contributed by atoms with Crippen molar-refractivity contribution in [3.05, 3.63) is 22.4 Å². The molecule has 18 heavy (non-hydrogen) atoms. The van der Waals surface area contributed by atoms with Gasteiger partial charge in [0.25, 0.3) is 0 Å². The number of carbonyl (C=O) groups is 1. The fourth-order valence-electron chi connectivity index (χ4n) is 2.01. The minimum Gasteiger partial charge on any atom is -0.338 e. The van der Waals surface area contributed by atoms with Crippen molar-refractivity contribution in [3.63, 3.8) is 0 Å². The molecule has 100 valence electrons. The molecule has 0 aliphatic carbocycles. The Hall–Kier alpha value is -0.680. The van der Waals surface area contributed by atoms with Gasteiger partial charge in [-0.3, -0.25) is 0 Å². The zero-order valence-electron chi connectivity index (χ0n) is 10.6. The molecule has 0 saturated carbocycles. The second-order valence-corrected chi connectivity index (χ2v) is 6.81. The van der Waals surface area contributed by atoms with Crippen molar-refractivity contribution in [3.8, 4) is 0 Å². The zero-order chi connectivity index (χ0) is 12.8. The molecule has 1 saturated heterocycles. The van der Waals surface area contributed by atoms with Gasteiger partial charge in [0.1, 0.15) is 0 Å². The summed E-state index contributed by atoms with van der Waals surface area (Å²) in [7, 11) is 0. The molecule has 2 amide bonds. The third-order valence-electron chi connectivity index (χ3n) is 3.09. The molecule has 2 N–H and O–H groups in total. The molecule has 3 nitrogen and oxygen atoms in total. The van der Waals surface area contributed by atoms with E-state index in [0.717, 1.165) is 12.2 Å². The smallest absolute Gasteiger partial charge is 0.315 e. The van der Waals surface area contributed by atoms with Crippen molar-refractivity contribution in [2.24, 2.45) is 0 Å². The second-order valence-electron chi connectivity index (χ2n) is 4.68. The van der Waals surface area contributed by atoms with Crippen molar-refractivity contribution in [2.45, 2.75) is 31.7 Å². The Kier molecular flexibility index (Phi) is 5.38. The lowest BCUT2D eigenvalue weighted by atomic mass is 10.1. The van der Waals surface area contributed by atoms with Crippen molar-refractivity contribution in [2.75, 3.05) is 18.1 Å². The summed E-state index contributed by atoms with van der Waals surface area (Å²) in [5, 5.41) is 8.09. The number of nitrogens with one attached hydrogen (secondary N) is 2. The number of thioether (sulfide) groups is 1. The Morgan fingerprint density at radius 1 is 1.61 bits per heavy atom. The molecular weight excluding hydrogens is 264 g/mol. The summed E-state index contributed by atoms with van der Waals surface area (Å²) in [6, 6.07) is 4.49. The molecule has 0 spiro atoms. The highest BCUT2D eigenvalue weighted by atomic mass is 32.2. The molecule has 1 aromatic heterocycles. The third kappa shape index (κ3) is 4.21. The fraction of sp³-hybridized carbons (Fsp3) is 0.615. The van der Waals surface area contributed by atoms with Crippen LogP contribution in [0.25, 0.3) is 0 Å². The number of rotatable bonds is 4. The van der Waals surface area contributed by atoms with E-state index < -0.39 is 0 Å². The molecular formula is C13H20N2OS2. The molecule has 2 rings (SSSR count). The van der Waals surface area contributed by atoms with Crippen molar-refractivity contribution < 1.29 is 4.79 Å². The Labute approximate surface area is 117 Å². The van der Waals surface area contributed by atoms with Gasteiger partial charge in [0, 0.05) is 29.1 Å². The van der Waals surface area contributed by atoms with Gasteiger partial charge >= 0.3 is 6.03 Å². The van der Waals surface area contributed by atoms with Crippen LogP contribution >= 0.6 is 23.1 Å². The SMILES string of the molecule is CC(CNC(=O)NC1CCCSC1)c1cccs1. The minimum atomic E-state index is -0.0223. The van der Waals surface area contributed by atoms with E-state index in [2.05, 4.69) is 35.1 Å². The van der Waals surface area contributed by atoms with Crippen LogP contribution < -0.4 is 10.6 Å². The van der Waals surface area contributed by atoms with E-state index in [4.69, 9.17) is 0 Å². The van der Waals surface area contributed by atoms with Crippen LogP contribution in [0.3, 0.4) is 0 Å². The van der Waals surface area contributed by atoms with Gasteiger partial charge in [0.2, 0.25) is 0 Å². The number of thiophene rings is 1. The summed E-state index contributed by atoms with van der Waals surface area (Å²) in [6.45, 7) is 2.84. The van der Waals surface area contributed by atoms with Crippen LogP contribution in [0.4, 0.5) is 4.79 Å². The van der Waals surface area contributed by atoms with E-state index in [1.807, 2.05) is 11.8 Å². The second kappa shape index (κ2) is 7.04. The molecule has 2 heterocycles. The largest absolute Gasteiger partial charge is 0.338 e. The van der Waals surface area contributed by atoms with E-state index >= 15 is 0 Å². The number of carbonyl (C=O) groups excluding carboxylic acids is 1. The summed E-state index contributed by atoms with van der Waals surface area (Å²) in [5.41, 5.74) is 0. The van der Waals surface area contributed by atoms with Gasteiger partial charge in [-0.2, -0.15) is 11.8 Å². The molecule has 0 aromatic carbocycles. The molecule has 1 aliphatic heterocycles. The predicted octanol–water partition coefficient (Wildman–Crippen LogP) is 3.05. The van der Waals surface area contributed by atoms with Crippen LogP contribution in [-0.2, 0) is 0 Å². The Balaban J connectivity index is 1.68. The quantitative estimate of drug-likeness (QED) is 0.892. The average molecular weight is 284 g/mol. The maximum atomic E-state index is 11.8. The molecule has 2 atom stereocenters. The minimum absolute atomic E-state index is 0.0223. The maximum absolute atomic E-state index is 11.8. The van der Waals surface area contributed by atoms with Crippen LogP contribution in [0.1, 0.15) is 30.6 Å². The van der Waals surface area contributed by atoms with Crippen molar-refractivity contribution in [1.82, 2.24) is 10.6 Å². The van der Waals surface area contributed by atoms with Gasteiger partial charge in [-0.15, -0.1) is 11.3 Å². The Bertz CT molecular complexity index is 361. The molecule has 1 aromatic rings. The number of urea groups is 1. The summed E-state index contributed by atoms with van der Waals surface area (Å²) >= 11 is 3.67. The van der Waals surface area contributed by atoms with Crippen molar-refractivity contribution >= 4 is 29.1 Å². The summed E-state index contributed by atoms with van der Waals surface area (Å²) in [4.78, 5) is 13.1. The van der Waals surface area contributed by atoms with Gasteiger partial charge in [-0.25, -0.2) is 4.79 Å². The molecule has 0 radical (unpaired) electrons. The molecule has 1 aliphatic rings. The Morgan fingerprint density at radius 2 is 2.50 bits per heavy atom. The van der Waals surface area contributed by atoms with Crippen LogP contribution in [0.5, 0.6) is 0 Å². The lowest BCUT2D eigenvalue weighted by molar-refractivity contribution is 0.236. The first kappa shape index (κ1) is 13.7. The average Bonchev–Trinajstić information content (AvgIpc) is 2.91. The van der Waals surface area contributed by atoms with Crippen LogP contribution in [0, 0.1) is 0 Å². The molecule has 0 bridgehead atoms. The topological polar surface area (TPSA) is 41.1 Å². The first-order valence-electron chi connectivity index (χ1n) is 6.41.